The van der Waals surface area contributed by atoms with E-state index in [1.54, 1.807) is 33.3 Å². The molecule has 0 spiro atoms. The van der Waals surface area contributed by atoms with Crippen molar-refractivity contribution in [2.45, 2.75) is 31.6 Å². The summed E-state index contributed by atoms with van der Waals surface area (Å²) in [5.74, 6) is -0.421. The number of hydrogen-bond donors (Lipinski definition) is 1. The fraction of sp³-hybridized carbons (Fsp3) is 0.308. The van der Waals surface area contributed by atoms with Gasteiger partial charge in [-0.2, -0.15) is 0 Å². The molecule has 1 N–H and O–H groups in total. The molecule has 0 aromatic heterocycles. The van der Waals surface area contributed by atoms with E-state index in [1.165, 1.54) is 19.2 Å². The zero-order valence-electron chi connectivity index (χ0n) is 19.0. The van der Waals surface area contributed by atoms with E-state index in [2.05, 4.69) is 5.32 Å². The first kappa shape index (κ1) is 22.6. The lowest BCUT2D eigenvalue weighted by molar-refractivity contribution is -0.136. The molecule has 4 rings (SSSR count). The number of nitrogens with one attached hydrogen (secondary N) is 1. The Morgan fingerprint density at radius 3 is 2.27 bits per heavy atom. The lowest BCUT2D eigenvalue weighted by Gasteiger charge is -2.36. The SMILES string of the molecule is COC(=O)C1=C(C)NC2=C(C(=O)C[C@@H](c3ccc(OC)c(OC)c3)C2)[C@H]1c1ccc(F)cc1. The number of ether oxygens (including phenoxy) is 3. The molecule has 2 aromatic rings. The summed E-state index contributed by atoms with van der Waals surface area (Å²) in [5.41, 5.74) is 3.92. The molecular weight excluding hydrogens is 425 g/mol. The van der Waals surface area contributed by atoms with E-state index in [1.807, 2.05) is 18.2 Å². The van der Waals surface area contributed by atoms with Crippen LogP contribution in [0.25, 0.3) is 0 Å². The van der Waals surface area contributed by atoms with Gasteiger partial charge >= 0.3 is 5.97 Å². The van der Waals surface area contributed by atoms with Crippen LogP contribution in [0.4, 0.5) is 4.39 Å². The number of esters is 1. The number of dihydropyridines is 1. The minimum absolute atomic E-state index is 0.0632. The molecule has 2 atom stereocenters. The number of Topliss-reactive ketones (excluding diaryl/α,β-unsaturated/α-hetero) is 1. The van der Waals surface area contributed by atoms with Gasteiger partial charge in [-0.25, -0.2) is 9.18 Å². The summed E-state index contributed by atoms with van der Waals surface area (Å²) >= 11 is 0. The van der Waals surface area contributed by atoms with Crippen LogP contribution in [0.2, 0.25) is 0 Å². The Hall–Kier alpha value is -3.61. The van der Waals surface area contributed by atoms with Crippen molar-refractivity contribution >= 4 is 11.8 Å². The summed E-state index contributed by atoms with van der Waals surface area (Å²) in [6.07, 6.45) is 0.862. The van der Waals surface area contributed by atoms with E-state index >= 15 is 0 Å². The molecule has 0 bridgehead atoms. The molecule has 0 unspecified atom stereocenters. The Morgan fingerprint density at radius 1 is 0.970 bits per heavy atom. The molecule has 2 aromatic carbocycles. The molecule has 0 saturated heterocycles. The van der Waals surface area contributed by atoms with Gasteiger partial charge in [0.1, 0.15) is 5.82 Å². The van der Waals surface area contributed by atoms with Crippen molar-refractivity contribution < 1.29 is 28.2 Å². The highest BCUT2D eigenvalue weighted by atomic mass is 19.1. The van der Waals surface area contributed by atoms with E-state index in [0.29, 0.717) is 40.3 Å². The van der Waals surface area contributed by atoms with Crippen molar-refractivity contribution in [2.75, 3.05) is 21.3 Å². The minimum Gasteiger partial charge on any atom is -0.493 e. The zero-order valence-corrected chi connectivity index (χ0v) is 19.0. The van der Waals surface area contributed by atoms with Gasteiger partial charge in [-0.3, -0.25) is 4.79 Å². The number of hydrogen-bond acceptors (Lipinski definition) is 6. The topological polar surface area (TPSA) is 73.9 Å². The van der Waals surface area contributed by atoms with Crippen LogP contribution in [0.3, 0.4) is 0 Å². The maximum absolute atomic E-state index is 13.6. The average Bonchev–Trinajstić information content (AvgIpc) is 2.82. The third kappa shape index (κ3) is 4.11. The summed E-state index contributed by atoms with van der Waals surface area (Å²) in [7, 11) is 4.46. The Morgan fingerprint density at radius 2 is 1.64 bits per heavy atom. The van der Waals surface area contributed by atoms with E-state index in [4.69, 9.17) is 14.2 Å². The maximum atomic E-state index is 13.6. The Balaban J connectivity index is 1.77. The van der Waals surface area contributed by atoms with Gasteiger partial charge in [-0.1, -0.05) is 18.2 Å². The Bertz CT molecular complexity index is 1170. The first-order valence-corrected chi connectivity index (χ1v) is 10.7. The number of carbonyl (C=O) groups is 2. The fourth-order valence-corrected chi connectivity index (χ4v) is 4.75. The van der Waals surface area contributed by atoms with Gasteiger partial charge in [-0.05, 0) is 54.7 Å². The number of allylic oxidation sites excluding steroid dienone is 3. The molecule has 6 nitrogen and oxygen atoms in total. The van der Waals surface area contributed by atoms with E-state index in [-0.39, 0.29) is 23.9 Å². The van der Waals surface area contributed by atoms with Crippen LogP contribution < -0.4 is 14.8 Å². The van der Waals surface area contributed by atoms with Gasteiger partial charge in [0, 0.05) is 29.3 Å². The van der Waals surface area contributed by atoms with Crippen molar-refractivity contribution in [3.8, 4) is 11.5 Å². The fourth-order valence-electron chi connectivity index (χ4n) is 4.75. The predicted octanol–water partition coefficient (Wildman–Crippen LogP) is 4.38. The number of carbonyl (C=O) groups excluding carboxylic acids is 2. The number of halogens is 1. The van der Waals surface area contributed by atoms with Crippen LogP contribution in [-0.4, -0.2) is 33.1 Å². The van der Waals surface area contributed by atoms with Crippen LogP contribution in [0.1, 0.15) is 42.7 Å². The monoisotopic (exact) mass is 451 g/mol. The maximum Gasteiger partial charge on any atom is 0.336 e. The number of rotatable bonds is 5. The van der Waals surface area contributed by atoms with Gasteiger partial charge in [0.05, 0.1) is 26.9 Å². The molecule has 1 aliphatic carbocycles. The molecule has 7 heteroatoms. The van der Waals surface area contributed by atoms with Crippen LogP contribution in [0, 0.1) is 5.82 Å². The van der Waals surface area contributed by atoms with E-state index in [9.17, 15) is 14.0 Å². The summed E-state index contributed by atoms with van der Waals surface area (Å²) in [5, 5.41) is 3.28. The molecule has 1 aliphatic heterocycles. The summed E-state index contributed by atoms with van der Waals surface area (Å²) < 4.78 is 29.4. The van der Waals surface area contributed by atoms with Gasteiger partial charge in [0.15, 0.2) is 17.3 Å². The van der Waals surface area contributed by atoms with Crippen LogP contribution >= 0.6 is 0 Å². The molecule has 0 fully saturated rings. The lowest BCUT2D eigenvalue weighted by atomic mass is 9.71. The smallest absolute Gasteiger partial charge is 0.336 e. The van der Waals surface area contributed by atoms with Gasteiger partial charge in [0.25, 0.3) is 0 Å². The third-order valence-corrected chi connectivity index (χ3v) is 6.32. The normalized spacial score (nSPS) is 20.2. The predicted molar refractivity (Wildman–Crippen MR) is 121 cm³/mol. The highest BCUT2D eigenvalue weighted by Gasteiger charge is 2.41. The number of ketones is 1. The third-order valence-electron chi connectivity index (χ3n) is 6.32. The molecule has 1 heterocycles. The van der Waals surface area contributed by atoms with Crippen molar-refractivity contribution in [2.24, 2.45) is 0 Å². The minimum atomic E-state index is -0.617. The lowest BCUT2D eigenvalue weighted by Crippen LogP contribution is -2.36. The quantitative estimate of drug-likeness (QED) is 0.681. The Labute approximate surface area is 192 Å². The standard InChI is InChI=1S/C26H26FNO5/c1-14-23(26(30)33-4)24(15-5-8-18(27)9-6-15)25-19(28-14)11-17(12-20(25)29)16-7-10-21(31-2)22(13-16)32-3/h5-10,13,17,24,28H,11-12H2,1-4H3/t17-,24-/m0/s1. The van der Waals surface area contributed by atoms with Crippen LogP contribution in [-0.2, 0) is 14.3 Å². The summed E-state index contributed by atoms with van der Waals surface area (Å²) in [6, 6.07) is 11.6. The molecule has 172 valence electrons. The summed E-state index contributed by atoms with van der Waals surface area (Å²) in [4.78, 5) is 26.2. The van der Waals surface area contributed by atoms with Crippen LogP contribution in [0.15, 0.2) is 65.0 Å². The summed E-state index contributed by atoms with van der Waals surface area (Å²) in [6.45, 7) is 1.79. The van der Waals surface area contributed by atoms with Gasteiger partial charge < -0.3 is 19.5 Å². The average molecular weight is 451 g/mol. The van der Waals surface area contributed by atoms with Gasteiger partial charge in [0.2, 0.25) is 0 Å². The van der Waals surface area contributed by atoms with E-state index < -0.39 is 11.9 Å². The molecule has 0 radical (unpaired) electrons. The molecule has 0 amide bonds. The molecule has 0 saturated carbocycles. The largest absolute Gasteiger partial charge is 0.493 e. The Kier molecular flexibility index (Phi) is 6.22. The van der Waals surface area contributed by atoms with E-state index in [0.717, 1.165) is 11.3 Å². The van der Waals surface area contributed by atoms with Gasteiger partial charge in [-0.15, -0.1) is 0 Å². The highest BCUT2D eigenvalue weighted by Crippen LogP contribution is 2.46. The second-order valence-electron chi connectivity index (χ2n) is 8.17. The molecule has 33 heavy (non-hydrogen) atoms. The van der Waals surface area contributed by atoms with Crippen molar-refractivity contribution in [1.29, 1.82) is 0 Å². The first-order chi connectivity index (χ1) is 15.9. The van der Waals surface area contributed by atoms with Crippen LogP contribution in [0.5, 0.6) is 11.5 Å². The molecular formula is C26H26FNO5. The number of methoxy groups -OCH3 is 3. The van der Waals surface area contributed by atoms with Crippen molar-refractivity contribution in [3.05, 3.63) is 81.9 Å². The van der Waals surface area contributed by atoms with Crippen molar-refractivity contribution in [3.63, 3.8) is 0 Å². The molecule has 2 aliphatic rings. The zero-order chi connectivity index (χ0) is 23.7. The van der Waals surface area contributed by atoms with Crippen molar-refractivity contribution in [1.82, 2.24) is 5.32 Å². The number of benzene rings is 2. The second-order valence-corrected chi connectivity index (χ2v) is 8.17. The highest BCUT2D eigenvalue weighted by molar-refractivity contribution is 6.04. The first-order valence-electron chi connectivity index (χ1n) is 10.7. The second kappa shape index (κ2) is 9.10.